The van der Waals surface area contributed by atoms with Crippen molar-refractivity contribution in [2.45, 2.75) is 85.0 Å². The molecule has 0 aliphatic rings. The molecule has 0 unspecified atom stereocenters. The minimum Gasteiger partial charge on any atom is -0.497 e. The number of fused-ring (bicyclic) bond motifs is 1. The fourth-order valence-electron chi connectivity index (χ4n) is 5.68. The molecule has 0 atom stereocenters. The maximum atomic E-state index is 14.4. The standard InChI is InChI=1S/C36H46N4O3/c1-7-8-9-10-11-12-22-40(36(42)38-32-28(24(2)3)18-14-19-29(32)25(4)5)33-31(26-16-13-17-27(23-26)43-6)30-20-15-21-37-34(30)39-35(33)41/h13-21,23-25H,7-12,22H2,1-6H3,(H,38,42)(H,37,39,41). The third-order valence-electron chi connectivity index (χ3n) is 7.97. The molecule has 0 saturated heterocycles. The number of ether oxygens (including phenoxy) is 1. The number of amides is 2. The summed E-state index contributed by atoms with van der Waals surface area (Å²) in [6, 6.07) is 17.3. The van der Waals surface area contributed by atoms with Crippen molar-refractivity contribution < 1.29 is 9.53 Å². The number of hydrogen-bond donors (Lipinski definition) is 2. The number of unbranched alkanes of at least 4 members (excludes halogenated alkanes) is 5. The van der Waals surface area contributed by atoms with E-state index in [0.29, 0.717) is 29.2 Å². The molecule has 7 nitrogen and oxygen atoms in total. The Labute approximate surface area is 255 Å². The molecule has 2 aromatic carbocycles. The SMILES string of the molecule is CCCCCCCCN(C(=O)Nc1c(C(C)C)cccc1C(C)C)c1c(-c2cccc(OC)c2)c2cccnc2[nH]c1=O. The summed E-state index contributed by atoms with van der Waals surface area (Å²) >= 11 is 0. The molecule has 0 fully saturated rings. The lowest BCUT2D eigenvalue weighted by Gasteiger charge is -2.28. The molecule has 0 aliphatic heterocycles. The van der Waals surface area contributed by atoms with Gasteiger partial charge in [0.05, 0.1) is 7.11 Å². The Balaban J connectivity index is 1.88. The van der Waals surface area contributed by atoms with Crippen LogP contribution < -0.4 is 20.5 Å². The van der Waals surface area contributed by atoms with Crippen molar-refractivity contribution in [3.05, 3.63) is 82.3 Å². The van der Waals surface area contributed by atoms with Crippen molar-refractivity contribution in [1.82, 2.24) is 9.97 Å². The van der Waals surface area contributed by atoms with E-state index in [4.69, 9.17) is 4.74 Å². The molecule has 2 heterocycles. The Kier molecular flexibility index (Phi) is 11.0. The summed E-state index contributed by atoms with van der Waals surface area (Å²) in [6.45, 7) is 11.1. The van der Waals surface area contributed by atoms with Crippen LogP contribution in [0.4, 0.5) is 16.2 Å². The third-order valence-corrected chi connectivity index (χ3v) is 7.97. The predicted molar refractivity (Wildman–Crippen MR) is 179 cm³/mol. The van der Waals surface area contributed by atoms with Crippen molar-refractivity contribution in [3.63, 3.8) is 0 Å². The highest BCUT2D eigenvalue weighted by atomic mass is 16.5. The summed E-state index contributed by atoms with van der Waals surface area (Å²) in [5.74, 6) is 1.09. The molecule has 4 aromatic rings. The maximum Gasteiger partial charge on any atom is 0.326 e. The fourth-order valence-corrected chi connectivity index (χ4v) is 5.68. The van der Waals surface area contributed by atoms with Gasteiger partial charge in [0.25, 0.3) is 5.56 Å². The van der Waals surface area contributed by atoms with Crippen LogP contribution in [0.25, 0.3) is 22.2 Å². The molecule has 0 spiro atoms. The van der Waals surface area contributed by atoms with Gasteiger partial charge in [-0.25, -0.2) is 9.78 Å². The predicted octanol–water partition coefficient (Wildman–Crippen LogP) is 9.24. The molecular weight excluding hydrogens is 536 g/mol. The van der Waals surface area contributed by atoms with Crippen molar-refractivity contribution in [1.29, 1.82) is 0 Å². The third kappa shape index (κ3) is 7.45. The number of carbonyl (C=O) groups is 1. The first-order chi connectivity index (χ1) is 20.8. The van der Waals surface area contributed by atoms with Gasteiger partial charge in [0.1, 0.15) is 17.1 Å². The lowest BCUT2D eigenvalue weighted by molar-refractivity contribution is 0.256. The van der Waals surface area contributed by atoms with Gasteiger partial charge in [-0.05, 0) is 59.2 Å². The van der Waals surface area contributed by atoms with E-state index in [-0.39, 0.29) is 23.4 Å². The molecule has 2 N–H and O–H groups in total. The number of pyridine rings is 2. The molecule has 43 heavy (non-hydrogen) atoms. The number of hydrogen-bond acceptors (Lipinski definition) is 4. The van der Waals surface area contributed by atoms with E-state index in [9.17, 15) is 9.59 Å². The highest BCUT2D eigenvalue weighted by molar-refractivity contribution is 6.09. The summed E-state index contributed by atoms with van der Waals surface area (Å²) in [5.41, 5.74) is 4.85. The maximum absolute atomic E-state index is 14.4. The number of carbonyl (C=O) groups excluding carboxylic acids is 1. The number of anilines is 2. The zero-order chi connectivity index (χ0) is 30.9. The molecule has 0 radical (unpaired) electrons. The Morgan fingerprint density at radius 1 is 0.930 bits per heavy atom. The van der Waals surface area contributed by atoms with Crippen LogP contribution in [-0.2, 0) is 0 Å². The summed E-state index contributed by atoms with van der Waals surface area (Å²) in [6.07, 6.45) is 8.05. The number of methoxy groups -OCH3 is 1. The van der Waals surface area contributed by atoms with Gasteiger partial charge in [-0.15, -0.1) is 0 Å². The lowest BCUT2D eigenvalue weighted by atomic mass is 9.92. The average Bonchev–Trinajstić information content (AvgIpc) is 3.00. The highest BCUT2D eigenvalue weighted by Crippen LogP contribution is 2.37. The van der Waals surface area contributed by atoms with Crippen molar-refractivity contribution >= 4 is 28.4 Å². The number of para-hydroxylation sites is 1. The second-order valence-electron chi connectivity index (χ2n) is 11.8. The second kappa shape index (κ2) is 14.9. The van der Waals surface area contributed by atoms with E-state index in [1.54, 1.807) is 18.2 Å². The summed E-state index contributed by atoms with van der Waals surface area (Å²) in [4.78, 5) is 37.4. The second-order valence-corrected chi connectivity index (χ2v) is 11.8. The Morgan fingerprint density at radius 3 is 2.28 bits per heavy atom. The Morgan fingerprint density at radius 2 is 1.60 bits per heavy atom. The molecule has 0 bridgehead atoms. The van der Waals surface area contributed by atoms with Crippen molar-refractivity contribution in [3.8, 4) is 16.9 Å². The van der Waals surface area contributed by atoms with Gasteiger partial charge in [0, 0.05) is 29.4 Å². The largest absolute Gasteiger partial charge is 0.497 e. The van der Waals surface area contributed by atoms with E-state index >= 15 is 0 Å². The Bertz CT molecular complexity index is 1570. The molecule has 4 rings (SSSR count). The quantitative estimate of drug-likeness (QED) is 0.154. The molecule has 7 heteroatoms. The monoisotopic (exact) mass is 582 g/mol. The van der Waals surface area contributed by atoms with Crippen LogP contribution in [0.3, 0.4) is 0 Å². The van der Waals surface area contributed by atoms with Crippen LogP contribution in [0.2, 0.25) is 0 Å². The number of H-pyrrole nitrogens is 1. The number of rotatable bonds is 13. The van der Waals surface area contributed by atoms with Crippen LogP contribution in [-0.4, -0.2) is 29.7 Å². The van der Waals surface area contributed by atoms with E-state index in [2.05, 4.69) is 68.1 Å². The van der Waals surface area contributed by atoms with Crippen molar-refractivity contribution in [2.24, 2.45) is 0 Å². The molecular formula is C36H46N4O3. The number of nitrogens with one attached hydrogen (secondary N) is 2. The minimum absolute atomic E-state index is 0.212. The molecule has 228 valence electrons. The van der Waals surface area contributed by atoms with Crippen LogP contribution in [0, 0.1) is 0 Å². The van der Waals surface area contributed by atoms with Gasteiger partial charge >= 0.3 is 6.03 Å². The van der Waals surface area contributed by atoms with Crippen LogP contribution in [0.1, 0.15) is 96.1 Å². The van der Waals surface area contributed by atoms with Crippen LogP contribution >= 0.6 is 0 Å². The van der Waals surface area contributed by atoms with Crippen LogP contribution in [0.5, 0.6) is 5.75 Å². The smallest absolute Gasteiger partial charge is 0.326 e. The summed E-state index contributed by atoms with van der Waals surface area (Å²) in [5, 5.41) is 4.03. The van der Waals surface area contributed by atoms with E-state index in [1.165, 1.54) is 19.3 Å². The topological polar surface area (TPSA) is 87.3 Å². The first kappa shape index (κ1) is 31.8. The summed E-state index contributed by atoms with van der Waals surface area (Å²) in [7, 11) is 1.62. The van der Waals surface area contributed by atoms with Crippen LogP contribution in [0.15, 0.2) is 65.6 Å². The van der Waals surface area contributed by atoms with Gasteiger partial charge in [0.2, 0.25) is 0 Å². The van der Waals surface area contributed by atoms with Gasteiger partial charge in [-0.2, -0.15) is 0 Å². The average molecular weight is 583 g/mol. The van der Waals surface area contributed by atoms with E-state index in [1.807, 2.05) is 36.4 Å². The van der Waals surface area contributed by atoms with Crippen molar-refractivity contribution in [2.75, 3.05) is 23.9 Å². The molecule has 0 aliphatic carbocycles. The van der Waals surface area contributed by atoms with E-state index in [0.717, 1.165) is 47.0 Å². The number of benzene rings is 2. The molecule has 2 aromatic heterocycles. The molecule has 0 saturated carbocycles. The van der Waals surface area contributed by atoms with Gasteiger partial charge < -0.3 is 15.0 Å². The van der Waals surface area contributed by atoms with Gasteiger partial charge in [0.15, 0.2) is 0 Å². The number of aromatic amines is 1. The zero-order valence-corrected chi connectivity index (χ0v) is 26.5. The van der Waals surface area contributed by atoms with Gasteiger partial charge in [-0.3, -0.25) is 9.69 Å². The summed E-state index contributed by atoms with van der Waals surface area (Å²) < 4.78 is 5.53. The zero-order valence-electron chi connectivity index (χ0n) is 26.5. The number of aromatic nitrogens is 2. The number of nitrogens with zero attached hydrogens (tertiary/aromatic N) is 2. The highest BCUT2D eigenvalue weighted by Gasteiger charge is 2.27. The lowest BCUT2D eigenvalue weighted by Crippen LogP contribution is -2.40. The Hall–Kier alpha value is -4.13. The first-order valence-electron chi connectivity index (χ1n) is 15.6. The fraction of sp³-hybridized carbons (Fsp3) is 0.417. The molecule has 2 amide bonds. The first-order valence-corrected chi connectivity index (χ1v) is 15.6. The normalized spacial score (nSPS) is 11.3. The van der Waals surface area contributed by atoms with Gasteiger partial charge in [-0.1, -0.05) is 97.1 Å². The minimum atomic E-state index is -0.355. The van der Waals surface area contributed by atoms with E-state index < -0.39 is 0 Å². The number of urea groups is 1.